The highest BCUT2D eigenvalue weighted by atomic mass is 16.6. The van der Waals surface area contributed by atoms with Crippen LogP contribution in [0, 0.1) is 17.8 Å². The van der Waals surface area contributed by atoms with Crippen molar-refractivity contribution < 1.29 is 9.53 Å². The van der Waals surface area contributed by atoms with Crippen molar-refractivity contribution in [3.63, 3.8) is 0 Å². The summed E-state index contributed by atoms with van der Waals surface area (Å²) < 4.78 is 5.97. The lowest BCUT2D eigenvalue weighted by Crippen LogP contribution is -2.42. The van der Waals surface area contributed by atoms with Gasteiger partial charge in [0.2, 0.25) is 0 Å². The summed E-state index contributed by atoms with van der Waals surface area (Å²) in [6.45, 7) is 4.52. The first-order chi connectivity index (χ1) is 6.64. The number of carbonyl (C=O) groups is 1. The van der Waals surface area contributed by atoms with Crippen molar-refractivity contribution in [1.29, 1.82) is 0 Å². The summed E-state index contributed by atoms with van der Waals surface area (Å²) in [5.41, 5.74) is 0.0182. The Kier molecular flexibility index (Phi) is 1.53. The highest BCUT2D eigenvalue weighted by molar-refractivity contribution is 5.59. The third-order valence-corrected chi connectivity index (χ3v) is 5.00. The average molecular weight is 194 g/mol. The Morgan fingerprint density at radius 3 is 2.79 bits per heavy atom. The van der Waals surface area contributed by atoms with Crippen LogP contribution in [0.1, 0.15) is 39.5 Å². The van der Waals surface area contributed by atoms with E-state index in [-0.39, 0.29) is 17.1 Å². The molecule has 2 aliphatic carbocycles. The molecule has 0 N–H and O–H groups in total. The summed E-state index contributed by atoms with van der Waals surface area (Å²) in [6.07, 6.45) is 5.82. The smallest absolute Gasteiger partial charge is 0.126 e. The lowest BCUT2D eigenvalue weighted by Gasteiger charge is -2.36. The maximum Gasteiger partial charge on any atom is 0.126 e. The van der Waals surface area contributed by atoms with Gasteiger partial charge in [-0.25, -0.2) is 0 Å². The Hall–Kier alpha value is -0.370. The van der Waals surface area contributed by atoms with Gasteiger partial charge in [0.15, 0.2) is 0 Å². The SMILES string of the molecule is CC1CCC(C=O)C23OC2(C)CCC13. The minimum atomic E-state index is -0.0353. The quantitative estimate of drug-likeness (QED) is 0.473. The van der Waals surface area contributed by atoms with Crippen LogP contribution in [0.25, 0.3) is 0 Å². The molecule has 0 aromatic carbocycles. The second-order valence-electron chi connectivity index (χ2n) is 5.57. The number of ether oxygens (including phenoxy) is 1. The minimum absolute atomic E-state index is 0.0353. The Morgan fingerprint density at radius 2 is 2.14 bits per heavy atom. The van der Waals surface area contributed by atoms with E-state index in [1.54, 1.807) is 0 Å². The molecule has 2 nitrogen and oxygen atoms in total. The number of carbonyl (C=O) groups excluding carboxylic acids is 1. The highest BCUT2D eigenvalue weighted by Crippen LogP contribution is 2.69. The molecule has 1 heterocycles. The monoisotopic (exact) mass is 194 g/mol. The van der Waals surface area contributed by atoms with E-state index >= 15 is 0 Å². The van der Waals surface area contributed by atoms with Gasteiger partial charge in [0.05, 0.1) is 5.60 Å². The first kappa shape index (κ1) is 8.90. The normalized spacial score (nSPS) is 60.3. The van der Waals surface area contributed by atoms with Gasteiger partial charge in [0.1, 0.15) is 11.9 Å². The molecule has 1 spiro atoms. The Morgan fingerprint density at radius 1 is 1.36 bits per heavy atom. The Labute approximate surface area is 85.0 Å². The molecule has 1 aliphatic heterocycles. The van der Waals surface area contributed by atoms with Crippen molar-refractivity contribution in [2.75, 3.05) is 0 Å². The van der Waals surface area contributed by atoms with Crippen molar-refractivity contribution in [2.24, 2.45) is 17.8 Å². The summed E-state index contributed by atoms with van der Waals surface area (Å²) in [7, 11) is 0. The summed E-state index contributed by atoms with van der Waals surface area (Å²) in [5.74, 6) is 1.57. The van der Waals surface area contributed by atoms with Gasteiger partial charge in [0, 0.05) is 5.92 Å². The van der Waals surface area contributed by atoms with Crippen LogP contribution in [-0.4, -0.2) is 17.5 Å². The third-order valence-electron chi connectivity index (χ3n) is 5.00. The molecule has 0 bridgehead atoms. The van der Waals surface area contributed by atoms with E-state index in [2.05, 4.69) is 13.8 Å². The first-order valence-corrected chi connectivity index (χ1v) is 5.79. The molecule has 2 saturated carbocycles. The summed E-state index contributed by atoms with van der Waals surface area (Å²) in [6, 6.07) is 0. The predicted octanol–water partition coefficient (Wildman–Crippen LogP) is 2.17. The lowest BCUT2D eigenvalue weighted by molar-refractivity contribution is -0.116. The van der Waals surface area contributed by atoms with E-state index in [0.717, 1.165) is 25.0 Å². The van der Waals surface area contributed by atoms with Gasteiger partial charge in [0.25, 0.3) is 0 Å². The standard InChI is InChI=1S/C12H18O2/c1-8-3-4-9(7-13)12-10(8)5-6-11(12,2)14-12/h7-10H,3-6H2,1-2H3. The van der Waals surface area contributed by atoms with Crippen LogP contribution in [0.2, 0.25) is 0 Å². The molecule has 0 aromatic heterocycles. The van der Waals surface area contributed by atoms with E-state index < -0.39 is 0 Å². The van der Waals surface area contributed by atoms with Crippen LogP contribution in [0.4, 0.5) is 0 Å². The average Bonchev–Trinajstić information content (AvgIpc) is 2.63. The molecule has 78 valence electrons. The van der Waals surface area contributed by atoms with Crippen LogP contribution >= 0.6 is 0 Å². The fourth-order valence-electron chi connectivity index (χ4n) is 4.18. The van der Waals surface area contributed by atoms with E-state index in [4.69, 9.17) is 4.74 Å². The van der Waals surface area contributed by atoms with Crippen LogP contribution in [0.15, 0.2) is 0 Å². The zero-order chi connectivity index (χ0) is 9.97. The zero-order valence-corrected chi connectivity index (χ0v) is 8.95. The topological polar surface area (TPSA) is 29.6 Å². The second-order valence-corrected chi connectivity index (χ2v) is 5.57. The summed E-state index contributed by atoms with van der Waals surface area (Å²) in [4.78, 5) is 11.1. The van der Waals surface area contributed by atoms with Crippen molar-refractivity contribution in [1.82, 2.24) is 0 Å². The molecule has 5 unspecified atom stereocenters. The molecule has 14 heavy (non-hydrogen) atoms. The van der Waals surface area contributed by atoms with E-state index in [0.29, 0.717) is 5.92 Å². The third kappa shape index (κ3) is 0.758. The molecule has 2 heteroatoms. The molecule has 0 radical (unpaired) electrons. The number of rotatable bonds is 1. The van der Waals surface area contributed by atoms with Crippen LogP contribution < -0.4 is 0 Å². The first-order valence-electron chi connectivity index (χ1n) is 5.79. The maximum atomic E-state index is 11.1. The van der Waals surface area contributed by atoms with E-state index in [1.807, 2.05) is 0 Å². The van der Waals surface area contributed by atoms with Crippen LogP contribution in [0.3, 0.4) is 0 Å². The van der Waals surface area contributed by atoms with Gasteiger partial charge in [-0.05, 0) is 44.4 Å². The Balaban J connectivity index is 1.99. The highest BCUT2D eigenvalue weighted by Gasteiger charge is 2.78. The molecule has 0 aromatic rings. The molecular weight excluding hydrogens is 176 g/mol. The zero-order valence-electron chi connectivity index (χ0n) is 8.95. The van der Waals surface area contributed by atoms with Crippen molar-refractivity contribution in [3.05, 3.63) is 0 Å². The van der Waals surface area contributed by atoms with Gasteiger partial charge >= 0.3 is 0 Å². The molecule has 3 rings (SSSR count). The minimum Gasteiger partial charge on any atom is -0.362 e. The van der Waals surface area contributed by atoms with Crippen LogP contribution in [0.5, 0.6) is 0 Å². The number of hydrogen-bond donors (Lipinski definition) is 0. The summed E-state index contributed by atoms with van der Waals surface area (Å²) in [5, 5.41) is 0. The molecular formula is C12H18O2. The van der Waals surface area contributed by atoms with Crippen molar-refractivity contribution in [2.45, 2.75) is 50.7 Å². The second kappa shape index (κ2) is 2.41. The van der Waals surface area contributed by atoms with Gasteiger partial charge < -0.3 is 9.53 Å². The van der Waals surface area contributed by atoms with E-state index in [9.17, 15) is 4.79 Å². The largest absolute Gasteiger partial charge is 0.362 e. The molecule has 5 atom stereocenters. The van der Waals surface area contributed by atoms with Gasteiger partial charge in [-0.1, -0.05) is 6.92 Å². The molecule has 1 saturated heterocycles. The predicted molar refractivity (Wildman–Crippen MR) is 52.9 cm³/mol. The molecule has 3 fully saturated rings. The Bertz CT molecular complexity index is 288. The maximum absolute atomic E-state index is 11.1. The van der Waals surface area contributed by atoms with Gasteiger partial charge in [-0.3, -0.25) is 0 Å². The van der Waals surface area contributed by atoms with Crippen molar-refractivity contribution in [3.8, 4) is 0 Å². The molecule has 0 amide bonds. The fraction of sp³-hybridized carbons (Fsp3) is 0.917. The van der Waals surface area contributed by atoms with Gasteiger partial charge in [-0.2, -0.15) is 0 Å². The number of aldehydes is 1. The summed E-state index contributed by atoms with van der Waals surface area (Å²) >= 11 is 0. The number of epoxide rings is 1. The van der Waals surface area contributed by atoms with Crippen LogP contribution in [-0.2, 0) is 9.53 Å². The molecule has 3 aliphatic rings. The fourth-order valence-corrected chi connectivity index (χ4v) is 4.18. The number of hydrogen-bond acceptors (Lipinski definition) is 2. The van der Waals surface area contributed by atoms with Crippen molar-refractivity contribution >= 4 is 6.29 Å². The van der Waals surface area contributed by atoms with E-state index in [1.165, 1.54) is 12.8 Å². The lowest BCUT2D eigenvalue weighted by atomic mass is 9.66. The van der Waals surface area contributed by atoms with Gasteiger partial charge in [-0.15, -0.1) is 0 Å².